The molecule has 1 unspecified atom stereocenters. The fourth-order valence-corrected chi connectivity index (χ4v) is 2.75. The van der Waals surface area contributed by atoms with Gasteiger partial charge in [-0.25, -0.2) is 0 Å². The first-order valence-corrected chi connectivity index (χ1v) is 7.30. The number of hydrogen-bond acceptors (Lipinski definition) is 2. The van der Waals surface area contributed by atoms with Gasteiger partial charge in [-0.3, -0.25) is 0 Å². The van der Waals surface area contributed by atoms with Gasteiger partial charge in [-0.2, -0.15) is 0 Å². The van der Waals surface area contributed by atoms with Crippen LogP contribution in [-0.2, 0) is 5.41 Å². The minimum atomic E-state index is -0.0942. The third-order valence-electron chi connectivity index (χ3n) is 3.78. The molecule has 2 heteroatoms. The van der Waals surface area contributed by atoms with E-state index < -0.39 is 0 Å². The van der Waals surface area contributed by atoms with E-state index in [9.17, 15) is 0 Å². The first kappa shape index (κ1) is 14.4. The number of nitrogens with one attached hydrogen (secondary N) is 1. The van der Waals surface area contributed by atoms with Crippen molar-refractivity contribution in [1.29, 1.82) is 0 Å². The summed E-state index contributed by atoms with van der Waals surface area (Å²) in [6.45, 7) is 14.2. The van der Waals surface area contributed by atoms with Gasteiger partial charge in [0, 0.05) is 18.0 Å². The predicted octanol–water partition coefficient (Wildman–Crippen LogP) is 4.20. The Morgan fingerprint density at radius 3 is 2.58 bits per heavy atom. The normalized spacial score (nSPS) is 21.7. The van der Waals surface area contributed by atoms with Gasteiger partial charge in [0.2, 0.25) is 0 Å². The monoisotopic (exact) mass is 261 g/mol. The zero-order chi connectivity index (χ0) is 14.3. The average Bonchev–Trinajstić information content (AvgIpc) is 2.26. The topological polar surface area (TPSA) is 21.3 Å². The molecular weight excluding hydrogens is 234 g/mol. The molecular formula is C17H27NO. The summed E-state index contributed by atoms with van der Waals surface area (Å²) >= 11 is 0. The van der Waals surface area contributed by atoms with E-state index in [1.807, 2.05) is 0 Å². The molecule has 0 saturated carbocycles. The maximum atomic E-state index is 6.12. The second kappa shape index (κ2) is 4.82. The van der Waals surface area contributed by atoms with Crippen LogP contribution >= 0.6 is 0 Å². The van der Waals surface area contributed by atoms with E-state index in [0.29, 0.717) is 6.04 Å². The van der Waals surface area contributed by atoms with E-state index in [2.05, 4.69) is 65.1 Å². The van der Waals surface area contributed by atoms with Gasteiger partial charge in [-0.05, 0) is 43.5 Å². The van der Waals surface area contributed by atoms with Crippen molar-refractivity contribution < 1.29 is 4.74 Å². The smallest absolute Gasteiger partial charge is 0.124 e. The molecule has 2 rings (SSSR count). The van der Waals surface area contributed by atoms with Crippen LogP contribution in [0.1, 0.15) is 65.1 Å². The SMILES string of the molecule is CCNC1CC(C)(C)Oc2ccc(C(C)(C)C)cc21. The molecule has 1 heterocycles. The molecule has 0 aromatic heterocycles. The lowest BCUT2D eigenvalue weighted by molar-refractivity contribution is 0.0663. The fourth-order valence-electron chi connectivity index (χ4n) is 2.75. The Bertz CT molecular complexity index is 457. The first-order chi connectivity index (χ1) is 8.73. The van der Waals surface area contributed by atoms with Crippen molar-refractivity contribution >= 4 is 0 Å². The lowest BCUT2D eigenvalue weighted by atomic mass is 9.82. The van der Waals surface area contributed by atoms with Crippen LogP contribution in [0.5, 0.6) is 5.75 Å². The van der Waals surface area contributed by atoms with Crippen LogP contribution in [0.2, 0.25) is 0 Å². The van der Waals surface area contributed by atoms with Crippen LogP contribution in [0.4, 0.5) is 0 Å². The molecule has 19 heavy (non-hydrogen) atoms. The fraction of sp³-hybridized carbons (Fsp3) is 0.647. The highest BCUT2D eigenvalue weighted by Gasteiger charge is 2.33. The van der Waals surface area contributed by atoms with Crippen LogP contribution < -0.4 is 10.1 Å². The van der Waals surface area contributed by atoms with Crippen molar-refractivity contribution in [3.05, 3.63) is 29.3 Å². The summed E-state index contributed by atoms with van der Waals surface area (Å²) in [6.07, 6.45) is 1.02. The standard InChI is InChI=1S/C17H27NO/c1-7-18-14-11-17(5,6)19-15-9-8-12(10-13(14)15)16(2,3)4/h8-10,14,18H,7,11H2,1-6H3. The second-order valence-electron chi connectivity index (χ2n) is 7.18. The molecule has 0 aliphatic carbocycles. The van der Waals surface area contributed by atoms with Gasteiger partial charge in [0.05, 0.1) is 0 Å². The molecule has 0 bridgehead atoms. The molecule has 0 amide bonds. The lowest BCUT2D eigenvalue weighted by Crippen LogP contribution is -2.39. The predicted molar refractivity (Wildman–Crippen MR) is 80.9 cm³/mol. The molecule has 0 radical (unpaired) electrons. The van der Waals surface area contributed by atoms with Gasteiger partial charge in [0.25, 0.3) is 0 Å². The summed E-state index contributed by atoms with van der Waals surface area (Å²) in [7, 11) is 0. The zero-order valence-electron chi connectivity index (χ0n) is 13.1. The van der Waals surface area contributed by atoms with E-state index in [4.69, 9.17) is 4.74 Å². The maximum absolute atomic E-state index is 6.12. The third-order valence-corrected chi connectivity index (χ3v) is 3.78. The Balaban J connectivity index is 2.43. The van der Waals surface area contributed by atoms with E-state index >= 15 is 0 Å². The van der Waals surface area contributed by atoms with Crippen molar-refractivity contribution in [2.75, 3.05) is 6.54 Å². The molecule has 1 N–H and O–H groups in total. The molecule has 1 aliphatic heterocycles. The molecule has 0 fully saturated rings. The minimum Gasteiger partial charge on any atom is -0.487 e. The van der Waals surface area contributed by atoms with Gasteiger partial charge < -0.3 is 10.1 Å². The summed E-state index contributed by atoms with van der Waals surface area (Å²) in [6, 6.07) is 7.05. The Hall–Kier alpha value is -1.02. The summed E-state index contributed by atoms with van der Waals surface area (Å²) in [4.78, 5) is 0. The Morgan fingerprint density at radius 1 is 1.32 bits per heavy atom. The minimum absolute atomic E-state index is 0.0942. The quantitative estimate of drug-likeness (QED) is 0.861. The number of ether oxygens (including phenoxy) is 1. The highest BCUT2D eigenvalue weighted by atomic mass is 16.5. The third kappa shape index (κ3) is 3.11. The maximum Gasteiger partial charge on any atom is 0.124 e. The highest BCUT2D eigenvalue weighted by Crippen LogP contribution is 2.41. The van der Waals surface area contributed by atoms with Crippen LogP contribution in [0.25, 0.3) is 0 Å². The molecule has 2 nitrogen and oxygen atoms in total. The zero-order valence-corrected chi connectivity index (χ0v) is 13.1. The van der Waals surface area contributed by atoms with Crippen LogP contribution in [0, 0.1) is 0 Å². The van der Waals surface area contributed by atoms with E-state index in [0.717, 1.165) is 18.7 Å². The summed E-state index contributed by atoms with van der Waals surface area (Å²) in [5.41, 5.74) is 2.77. The summed E-state index contributed by atoms with van der Waals surface area (Å²) in [5, 5.41) is 3.59. The van der Waals surface area contributed by atoms with Crippen molar-refractivity contribution in [3.8, 4) is 5.75 Å². The molecule has 1 atom stereocenters. The van der Waals surface area contributed by atoms with E-state index in [-0.39, 0.29) is 11.0 Å². The van der Waals surface area contributed by atoms with Gasteiger partial charge in [0.1, 0.15) is 11.4 Å². The molecule has 106 valence electrons. The number of benzene rings is 1. The van der Waals surface area contributed by atoms with Gasteiger partial charge in [-0.1, -0.05) is 33.8 Å². The Morgan fingerprint density at radius 2 is 2.00 bits per heavy atom. The second-order valence-corrected chi connectivity index (χ2v) is 7.18. The average molecular weight is 261 g/mol. The van der Waals surface area contributed by atoms with Crippen LogP contribution in [-0.4, -0.2) is 12.1 Å². The molecule has 1 aliphatic rings. The lowest BCUT2D eigenvalue weighted by Gasteiger charge is -2.38. The first-order valence-electron chi connectivity index (χ1n) is 7.30. The van der Waals surface area contributed by atoms with Crippen molar-refractivity contribution in [3.63, 3.8) is 0 Å². The van der Waals surface area contributed by atoms with Gasteiger partial charge >= 0.3 is 0 Å². The molecule has 0 saturated heterocycles. The largest absolute Gasteiger partial charge is 0.487 e. The van der Waals surface area contributed by atoms with E-state index in [1.165, 1.54) is 11.1 Å². The Kier molecular flexibility index (Phi) is 3.65. The van der Waals surface area contributed by atoms with Crippen molar-refractivity contribution in [2.45, 2.75) is 65.0 Å². The number of rotatable bonds is 2. The summed E-state index contributed by atoms with van der Waals surface area (Å²) in [5.74, 6) is 1.04. The van der Waals surface area contributed by atoms with Gasteiger partial charge in [-0.15, -0.1) is 0 Å². The molecule has 1 aromatic carbocycles. The number of hydrogen-bond donors (Lipinski definition) is 1. The van der Waals surface area contributed by atoms with E-state index in [1.54, 1.807) is 0 Å². The van der Waals surface area contributed by atoms with Crippen molar-refractivity contribution in [1.82, 2.24) is 5.32 Å². The molecule has 0 spiro atoms. The highest BCUT2D eigenvalue weighted by molar-refractivity contribution is 5.43. The van der Waals surface area contributed by atoms with Crippen molar-refractivity contribution in [2.24, 2.45) is 0 Å². The van der Waals surface area contributed by atoms with Gasteiger partial charge in [0.15, 0.2) is 0 Å². The Labute approximate surface area is 117 Å². The number of fused-ring (bicyclic) bond motifs is 1. The summed E-state index contributed by atoms with van der Waals surface area (Å²) < 4.78 is 6.12. The molecule has 1 aromatic rings. The van der Waals surface area contributed by atoms with Crippen LogP contribution in [0.3, 0.4) is 0 Å². The van der Waals surface area contributed by atoms with Crippen LogP contribution in [0.15, 0.2) is 18.2 Å².